The van der Waals surface area contributed by atoms with E-state index in [4.69, 9.17) is 4.74 Å². The van der Waals surface area contributed by atoms with Gasteiger partial charge in [-0.25, -0.2) is 4.79 Å². The maximum atomic E-state index is 12.9. The van der Waals surface area contributed by atoms with Gasteiger partial charge in [-0.3, -0.25) is 4.79 Å². The Kier molecular flexibility index (Phi) is 5.49. The number of allylic oxidation sites excluding steroid dienone is 1. The summed E-state index contributed by atoms with van der Waals surface area (Å²) in [4.78, 5) is 24.9. The molecule has 1 atom stereocenters. The fourth-order valence-electron chi connectivity index (χ4n) is 3.04. The van der Waals surface area contributed by atoms with Gasteiger partial charge < -0.3 is 20.7 Å². The minimum atomic E-state index is -4.53. The second-order valence-electron chi connectivity index (χ2n) is 6.38. The Morgan fingerprint density at radius 1 is 1.14 bits per heavy atom. The van der Waals surface area contributed by atoms with Gasteiger partial charge in [-0.15, -0.1) is 0 Å². The second-order valence-corrected chi connectivity index (χ2v) is 6.38. The summed E-state index contributed by atoms with van der Waals surface area (Å²) >= 11 is 0. The highest BCUT2D eigenvalue weighted by atomic mass is 19.4. The fourth-order valence-corrected chi connectivity index (χ4v) is 3.04. The highest BCUT2D eigenvalue weighted by Crippen LogP contribution is 2.32. The molecule has 0 spiro atoms. The summed E-state index contributed by atoms with van der Waals surface area (Å²) in [6.07, 6.45) is -4.53. The summed E-state index contributed by atoms with van der Waals surface area (Å²) in [6.45, 7) is 1.55. The van der Waals surface area contributed by atoms with Crippen LogP contribution in [0.2, 0.25) is 0 Å². The number of rotatable bonds is 4. The van der Waals surface area contributed by atoms with Gasteiger partial charge in [0.25, 0.3) is 5.91 Å². The largest absolute Gasteiger partial charge is 0.497 e. The number of methoxy groups -OCH3 is 1. The highest BCUT2D eigenvalue weighted by molar-refractivity contribution is 6.06. The monoisotopic (exact) mass is 405 g/mol. The van der Waals surface area contributed by atoms with E-state index in [1.807, 2.05) is 0 Å². The van der Waals surface area contributed by atoms with Gasteiger partial charge in [0.05, 0.1) is 24.3 Å². The molecule has 0 saturated heterocycles. The maximum Gasteiger partial charge on any atom is 0.416 e. The van der Waals surface area contributed by atoms with Crippen molar-refractivity contribution in [1.29, 1.82) is 0 Å². The van der Waals surface area contributed by atoms with Gasteiger partial charge in [0.1, 0.15) is 5.75 Å². The van der Waals surface area contributed by atoms with Gasteiger partial charge in [0.2, 0.25) is 0 Å². The number of carbonyl (C=O) groups excluding carboxylic acids is 2. The minimum Gasteiger partial charge on any atom is -0.497 e. The zero-order valence-corrected chi connectivity index (χ0v) is 15.6. The van der Waals surface area contributed by atoms with Crippen LogP contribution >= 0.6 is 0 Å². The average molecular weight is 405 g/mol. The van der Waals surface area contributed by atoms with Crippen LogP contribution in [0.1, 0.15) is 24.1 Å². The number of benzene rings is 2. The lowest BCUT2D eigenvalue weighted by atomic mass is 9.94. The quantitative estimate of drug-likeness (QED) is 0.720. The zero-order valence-electron chi connectivity index (χ0n) is 15.6. The number of ether oxygens (including phenoxy) is 1. The molecule has 1 heterocycles. The lowest BCUT2D eigenvalue weighted by Gasteiger charge is -2.29. The molecule has 2 aromatic carbocycles. The molecule has 152 valence electrons. The second kappa shape index (κ2) is 7.86. The first kappa shape index (κ1) is 20.2. The van der Waals surface area contributed by atoms with E-state index in [-0.39, 0.29) is 11.3 Å². The van der Waals surface area contributed by atoms with E-state index < -0.39 is 29.7 Å². The van der Waals surface area contributed by atoms with Crippen LogP contribution in [0.5, 0.6) is 5.75 Å². The molecule has 9 heteroatoms. The standard InChI is InChI=1S/C20H18F3N3O3/c1-11-16(18(27)25-14-7-4-6-13(10-14)20(21,22)23)17(26-19(28)24-11)12-5-3-8-15(9-12)29-2/h3-10,17H,1-2H3,(H,25,27)(H2,24,26,28). The van der Waals surface area contributed by atoms with Gasteiger partial charge in [0, 0.05) is 11.4 Å². The number of halogens is 3. The lowest BCUT2D eigenvalue weighted by Crippen LogP contribution is -2.46. The molecule has 0 radical (unpaired) electrons. The minimum absolute atomic E-state index is 0.00795. The average Bonchev–Trinajstić information content (AvgIpc) is 2.66. The number of nitrogens with one attached hydrogen (secondary N) is 3. The van der Waals surface area contributed by atoms with Crippen molar-refractivity contribution in [3.63, 3.8) is 0 Å². The molecule has 29 heavy (non-hydrogen) atoms. The first-order chi connectivity index (χ1) is 13.7. The van der Waals surface area contributed by atoms with Crippen molar-refractivity contribution in [3.05, 3.63) is 70.9 Å². The number of amides is 3. The van der Waals surface area contributed by atoms with E-state index in [1.54, 1.807) is 31.2 Å². The van der Waals surface area contributed by atoms with E-state index in [0.717, 1.165) is 12.1 Å². The highest BCUT2D eigenvalue weighted by Gasteiger charge is 2.33. The van der Waals surface area contributed by atoms with Crippen LogP contribution in [-0.2, 0) is 11.0 Å². The number of hydrogen-bond acceptors (Lipinski definition) is 3. The third-order valence-corrected chi connectivity index (χ3v) is 4.39. The summed E-state index contributed by atoms with van der Waals surface area (Å²) < 4.78 is 44.0. The van der Waals surface area contributed by atoms with E-state index in [9.17, 15) is 22.8 Å². The molecule has 3 N–H and O–H groups in total. The Hall–Kier alpha value is -3.49. The predicted molar refractivity (Wildman–Crippen MR) is 100 cm³/mol. The zero-order chi connectivity index (χ0) is 21.2. The normalized spacial score (nSPS) is 16.7. The number of alkyl halides is 3. The molecule has 1 aliphatic rings. The predicted octanol–water partition coefficient (Wildman–Crippen LogP) is 3.98. The van der Waals surface area contributed by atoms with Crippen molar-refractivity contribution in [2.45, 2.75) is 19.1 Å². The fraction of sp³-hybridized carbons (Fsp3) is 0.200. The topological polar surface area (TPSA) is 79.5 Å². The van der Waals surface area contributed by atoms with Crippen LogP contribution < -0.4 is 20.7 Å². The van der Waals surface area contributed by atoms with Gasteiger partial charge in [-0.2, -0.15) is 13.2 Å². The van der Waals surface area contributed by atoms with Crippen molar-refractivity contribution >= 4 is 17.6 Å². The van der Waals surface area contributed by atoms with Gasteiger partial charge >= 0.3 is 12.2 Å². The molecular weight excluding hydrogens is 387 g/mol. The van der Waals surface area contributed by atoms with E-state index >= 15 is 0 Å². The first-order valence-corrected chi connectivity index (χ1v) is 8.60. The van der Waals surface area contributed by atoms with Crippen LogP contribution in [-0.4, -0.2) is 19.0 Å². The summed E-state index contributed by atoms with van der Waals surface area (Å²) in [5.74, 6) is -0.104. The van der Waals surface area contributed by atoms with Crippen LogP contribution in [0.25, 0.3) is 0 Å². The van der Waals surface area contributed by atoms with Crippen LogP contribution in [0.3, 0.4) is 0 Å². The summed E-state index contributed by atoms with van der Waals surface area (Å²) in [5, 5.41) is 7.66. The Morgan fingerprint density at radius 2 is 1.86 bits per heavy atom. The third-order valence-electron chi connectivity index (χ3n) is 4.39. The molecule has 1 unspecified atom stereocenters. The van der Waals surface area contributed by atoms with Crippen LogP contribution in [0, 0.1) is 0 Å². The molecule has 1 aliphatic heterocycles. The van der Waals surface area contributed by atoms with Crippen molar-refractivity contribution in [3.8, 4) is 5.75 Å². The Bertz CT molecular complexity index is 986. The van der Waals surface area contributed by atoms with Crippen molar-refractivity contribution in [2.24, 2.45) is 0 Å². The maximum absolute atomic E-state index is 12.9. The molecule has 0 bridgehead atoms. The van der Waals surface area contributed by atoms with Gasteiger partial charge in [-0.05, 0) is 42.8 Å². The third kappa shape index (κ3) is 4.50. The summed E-state index contributed by atoms with van der Waals surface area (Å²) in [5.41, 5.74) is 0.181. The Balaban J connectivity index is 1.94. The van der Waals surface area contributed by atoms with Crippen LogP contribution in [0.15, 0.2) is 59.8 Å². The Labute approximate surface area is 164 Å². The Morgan fingerprint density at radius 3 is 2.55 bits per heavy atom. The molecule has 3 rings (SSSR count). The van der Waals surface area contributed by atoms with Gasteiger partial charge in [0.15, 0.2) is 0 Å². The first-order valence-electron chi connectivity index (χ1n) is 8.60. The number of urea groups is 1. The van der Waals surface area contributed by atoms with Crippen LogP contribution in [0.4, 0.5) is 23.7 Å². The van der Waals surface area contributed by atoms with Crippen molar-refractivity contribution < 1.29 is 27.5 Å². The molecule has 0 saturated carbocycles. The summed E-state index contributed by atoms with van der Waals surface area (Å²) in [7, 11) is 1.49. The number of carbonyl (C=O) groups is 2. The molecule has 3 amide bonds. The molecule has 0 aromatic heterocycles. The van der Waals surface area contributed by atoms with Crippen molar-refractivity contribution in [1.82, 2.24) is 10.6 Å². The lowest BCUT2D eigenvalue weighted by molar-refractivity contribution is -0.137. The van der Waals surface area contributed by atoms with E-state index in [0.29, 0.717) is 17.0 Å². The molecule has 2 aromatic rings. The summed E-state index contributed by atoms with van der Waals surface area (Å²) in [6, 6.07) is 9.84. The van der Waals surface area contributed by atoms with Gasteiger partial charge in [-0.1, -0.05) is 18.2 Å². The van der Waals surface area contributed by atoms with E-state index in [2.05, 4.69) is 16.0 Å². The molecule has 0 aliphatic carbocycles. The smallest absolute Gasteiger partial charge is 0.416 e. The number of hydrogen-bond donors (Lipinski definition) is 3. The molecule has 6 nitrogen and oxygen atoms in total. The number of anilines is 1. The SMILES string of the molecule is COc1cccc(C2NC(=O)NC(C)=C2C(=O)Nc2cccc(C(F)(F)F)c2)c1. The molecular formula is C20H18F3N3O3. The molecule has 0 fully saturated rings. The van der Waals surface area contributed by atoms with E-state index in [1.165, 1.54) is 19.2 Å². The van der Waals surface area contributed by atoms with Crippen molar-refractivity contribution in [2.75, 3.05) is 12.4 Å².